The van der Waals surface area contributed by atoms with E-state index in [9.17, 15) is 14.4 Å². The maximum absolute atomic E-state index is 13.1. The van der Waals surface area contributed by atoms with Gasteiger partial charge < -0.3 is 30.1 Å². The molecule has 1 aliphatic heterocycles. The van der Waals surface area contributed by atoms with E-state index >= 15 is 0 Å². The molecule has 0 bridgehead atoms. The van der Waals surface area contributed by atoms with Crippen LogP contribution in [0.4, 0.5) is 16.2 Å². The summed E-state index contributed by atoms with van der Waals surface area (Å²) in [6.07, 6.45) is 3.09. The third-order valence-electron chi connectivity index (χ3n) is 6.37. The van der Waals surface area contributed by atoms with E-state index in [2.05, 4.69) is 15.6 Å². The smallest absolute Gasteiger partial charge is 0.337 e. The van der Waals surface area contributed by atoms with Crippen LogP contribution in [0.3, 0.4) is 0 Å². The summed E-state index contributed by atoms with van der Waals surface area (Å²) in [6.45, 7) is 2.82. The predicted molar refractivity (Wildman–Crippen MR) is 142 cm³/mol. The highest BCUT2D eigenvalue weighted by Crippen LogP contribution is 2.27. The number of hydrogen-bond donors (Lipinski definition) is 3. The molecule has 2 aromatic carbocycles. The molecule has 2 heterocycles. The van der Waals surface area contributed by atoms with E-state index in [1.807, 2.05) is 31.2 Å². The SMILES string of the molecule is COc1cc(CC(=O)N2CCCC2COc2ccc(C(=O)O)cn2)ccc1NC(=O)Nc1ccccc1C. The third-order valence-corrected chi connectivity index (χ3v) is 6.37. The number of urea groups is 1. The molecule has 3 N–H and O–H groups in total. The van der Waals surface area contributed by atoms with Crippen LogP contribution in [-0.4, -0.2) is 59.2 Å². The highest BCUT2D eigenvalue weighted by atomic mass is 16.5. The van der Waals surface area contributed by atoms with Gasteiger partial charge in [0.2, 0.25) is 11.8 Å². The summed E-state index contributed by atoms with van der Waals surface area (Å²) in [5.74, 6) is -0.325. The molecule has 1 unspecified atom stereocenters. The van der Waals surface area contributed by atoms with Crippen LogP contribution in [0.2, 0.25) is 0 Å². The van der Waals surface area contributed by atoms with Gasteiger partial charge in [0.05, 0.1) is 30.8 Å². The van der Waals surface area contributed by atoms with Crippen molar-refractivity contribution < 1.29 is 29.0 Å². The minimum atomic E-state index is -1.05. The summed E-state index contributed by atoms with van der Waals surface area (Å²) >= 11 is 0. The zero-order valence-corrected chi connectivity index (χ0v) is 21.3. The number of aromatic nitrogens is 1. The summed E-state index contributed by atoms with van der Waals surface area (Å²) in [5, 5.41) is 14.6. The number of nitrogens with one attached hydrogen (secondary N) is 2. The van der Waals surface area contributed by atoms with Crippen LogP contribution in [0.25, 0.3) is 0 Å². The number of carboxylic acids is 1. The minimum Gasteiger partial charge on any atom is -0.495 e. The van der Waals surface area contributed by atoms with E-state index in [4.69, 9.17) is 14.6 Å². The number of carbonyl (C=O) groups is 3. The van der Waals surface area contributed by atoms with Crippen molar-refractivity contribution in [2.45, 2.75) is 32.2 Å². The third kappa shape index (κ3) is 6.58. The van der Waals surface area contributed by atoms with E-state index in [1.54, 1.807) is 23.1 Å². The average molecular weight is 519 g/mol. The Balaban J connectivity index is 1.34. The average Bonchev–Trinajstić information content (AvgIpc) is 3.39. The quantitative estimate of drug-likeness (QED) is 0.384. The second-order valence-corrected chi connectivity index (χ2v) is 8.99. The Hall–Kier alpha value is -4.60. The highest BCUT2D eigenvalue weighted by Gasteiger charge is 2.29. The Morgan fingerprint density at radius 2 is 1.87 bits per heavy atom. The molecule has 3 aromatic rings. The number of nitrogens with zero attached hydrogens (tertiary/aromatic N) is 2. The molecule has 4 rings (SSSR count). The molecule has 0 saturated carbocycles. The van der Waals surface area contributed by atoms with Gasteiger partial charge in [-0.15, -0.1) is 0 Å². The van der Waals surface area contributed by atoms with Gasteiger partial charge in [-0.05, 0) is 55.2 Å². The lowest BCUT2D eigenvalue weighted by molar-refractivity contribution is -0.131. The molecule has 38 heavy (non-hydrogen) atoms. The first kappa shape index (κ1) is 26.5. The van der Waals surface area contributed by atoms with Crippen molar-refractivity contribution in [2.24, 2.45) is 0 Å². The van der Waals surface area contributed by atoms with Crippen LogP contribution in [-0.2, 0) is 11.2 Å². The molecule has 1 fully saturated rings. The van der Waals surface area contributed by atoms with Gasteiger partial charge in [0.1, 0.15) is 12.4 Å². The Morgan fingerprint density at radius 1 is 1.08 bits per heavy atom. The summed E-state index contributed by atoms with van der Waals surface area (Å²) in [7, 11) is 1.51. The van der Waals surface area contributed by atoms with E-state index in [1.165, 1.54) is 25.4 Å². The van der Waals surface area contributed by atoms with E-state index in [-0.39, 0.29) is 30.5 Å². The maximum atomic E-state index is 13.1. The lowest BCUT2D eigenvalue weighted by Crippen LogP contribution is -2.40. The molecule has 10 nitrogen and oxygen atoms in total. The lowest BCUT2D eigenvalue weighted by Gasteiger charge is -2.25. The molecule has 0 spiro atoms. The summed E-state index contributed by atoms with van der Waals surface area (Å²) in [4.78, 5) is 42.4. The van der Waals surface area contributed by atoms with Gasteiger partial charge in [0.25, 0.3) is 0 Å². The number of rotatable bonds is 9. The molecule has 1 atom stereocenters. The number of aryl methyl sites for hydroxylation is 1. The van der Waals surface area contributed by atoms with E-state index in [0.717, 1.165) is 24.0 Å². The van der Waals surface area contributed by atoms with Crippen LogP contribution in [0, 0.1) is 6.92 Å². The molecule has 1 aliphatic rings. The van der Waals surface area contributed by atoms with E-state index in [0.29, 0.717) is 29.5 Å². The summed E-state index contributed by atoms with van der Waals surface area (Å²) in [5.41, 5.74) is 2.99. The van der Waals surface area contributed by atoms with Crippen LogP contribution >= 0.6 is 0 Å². The first-order valence-electron chi connectivity index (χ1n) is 12.3. The number of hydrogen-bond acceptors (Lipinski definition) is 6. The largest absolute Gasteiger partial charge is 0.495 e. The lowest BCUT2D eigenvalue weighted by atomic mass is 10.1. The molecule has 10 heteroatoms. The van der Waals surface area contributed by atoms with Crippen LogP contribution < -0.4 is 20.1 Å². The first-order chi connectivity index (χ1) is 18.3. The van der Waals surface area contributed by atoms with Gasteiger partial charge in [-0.25, -0.2) is 14.6 Å². The van der Waals surface area contributed by atoms with Crippen molar-refractivity contribution in [2.75, 3.05) is 30.9 Å². The molecule has 0 aliphatic carbocycles. The number of benzene rings is 2. The molecule has 3 amide bonds. The molecule has 0 radical (unpaired) electrons. The normalized spacial score (nSPS) is 14.6. The van der Waals surface area contributed by atoms with Crippen molar-refractivity contribution in [3.8, 4) is 11.6 Å². The predicted octanol–water partition coefficient (Wildman–Crippen LogP) is 4.35. The summed E-state index contributed by atoms with van der Waals surface area (Å²) in [6, 6.07) is 15.2. The second kappa shape index (κ2) is 12.1. The number of para-hydroxylation sites is 1. The first-order valence-corrected chi connectivity index (χ1v) is 12.3. The molecule has 198 valence electrons. The number of carbonyl (C=O) groups excluding carboxylic acids is 2. The van der Waals surface area contributed by atoms with Gasteiger partial charge in [-0.2, -0.15) is 0 Å². The Bertz CT molecular complexity index is 1310. The summed E-state index contributed by atoms with van der Waals surface area (Å²) < 4.78 is 11.2. The van der Waals surface area contributed by atoms with Gasteiger partial charge in [0.15, 0.2) is 0 Å². The van der Waals surface area contributed by atoms with Gasteiger partial charge in [-0.3, -0.25) is 4.79 Å². The monoisotopic (exact) mass is 518 g/mol. The van der Waals surface area contributed by atoms with Crippen molar-refractivity contribution in [3.63, 3.8) is 0 Å². The van der Waals surface area contributed by atoms with Crippen LogP contribution in [0.15, 0.2) is 60.8 Å². The van der Waals surface area contributed by atoms with Gasteiger partial charge >= 0.3 is 12.0 Å². The topological polar surface area (TPSA) is 130 Å². The number of ether oxygens (including phenoxy) is 2. The molecular weight excluding hydrogens is 488 g/mol. The fraction of sp³-hybridized carbons (Fsp3) is 0.286. The standard InChI is InChI=1S/C28H30N4O6/c1-18-6-3-4-8-22(18)30-28(36)31-23-11-9-19(14-24(23)37-2)15-26(33)32-13-5-7-21(32)17-38-25-12-10-20(16-29-25)27(34)35/h3-4,6,8-12,14,16,21H,5,7,13,15,17H2,1-2H3,(H,34,35)(H2,30,31,36). The molecule has 1 aromatic heterocycles. The number of methoxy groups -OCH3 is 1. The van der Waals surface area contributed by atoms with Crippen LogP contribution in [0.1, 0.15) is 34.3 Å². The number of likely N-dealkylation sites (tertiary alicyclic amines) is 1. The Labute approximate surface area is 220 Å². The number of anilines is 2. The number of aromatic carboxylic acids is 1. The fourth-order valence-electron chi connectivity index (χ4n) is 4.33. The Kier molecular flexibility index (Phi) is 8.42. The van der Waals surface area contributed by atoms with Crippen molar-refractivity contribution >= 4 is 29.3 Å². The van der Waals surface area contributed by atoms with Crippen molar-refractivity contribution in [1.82, 2.24) is 9.88 Å². The fourth-order valence-corrected chi connectivity index (χ4v) is 4.33. The minimum absolute atomic E-state index is 0.0367. The number of carboxylic acid groups (broad SMARTS) is 1. The number of pyridine rings is 1. The van der Waals surface area contributed by atoms with Crippen molar-refractivity contribution in [1.29, 1.82) is 0 Å². The van der Waals surface area contributed by atoms with E-state index < -0.39 is 12.0 Å². The Morgan fingerprint density at radius 3 is 2.58 bits per heavy atom. The molecule has 1 saturated heterocycles. The van der Waals surface area contributed by atoms with Gasteiger partial charge in [-0.1, -0.05) is 24.3 Å². The molecular formula is C28H30N4O6. The zero-order valence-electron chi connectivity index (χ0n) is 21.3. The number of amides is 3. The highest BCUT2D eigenvalue weighted by molar-refractivity contribution is 6.01. The zero-order chi connectivity index (χ0) is 27.1. The second-order valence-electron chi connectivity index (χ2n) is 8.99. The van der Waals surface area contributed by atoms with Crippen molar-refractivity contribution in [3.05, 3.63) is 77.5 Å². The van der Waals surface area contributed by atoms with Gasteiger partial charge in [0, 0.05) is 24.5 Å². The maximum Gasteiger partial charge on any atom is 0.337 e. The van der Waals surface area contributed by atoms with Crippen LogP contribution in [0.5, 0.6) is 11.6 Å².